The van der Waals surface area contributed by atoms with Crippen molar-refractivity contribution < 1.29 is 31.9 Å². The summed E-state index contributed by atoms with van der Waals surface area (Å²) in [6, 6.07) is 2.78. The molecule has 1 atom stereocenters. The molecule has 1 unspecified atom stereocenters. The highest BCUT2D eigenvalue weighted by Gasteiger charge is 2.41. The number of hydrogen-bond donors (Lipinski definition) is 0. The highest BCUT2D eigenvalue weighted by atomic mass is 32.2. The van der Waals surface area contributed by atoms with Crippen LogP contribution in [0.3, 0.4) is 0 Å². The molecule has 0 spiro atoms. The smallest absolute Gasteiger partial charge is 0.307 e. The van der Waals surface area contributed by atoms with Crippen molar-refractivity contribution >= 4 is 16.0 Å². The number of methoxy groups -OCH3 is 3. The van der Waals surface area contributed by atoms with Gasteiger partial charge in [0.1, 0.15) is 10.6 Å². The van der Waals surface area contributed by atoms with Crippen LogP contribution in [0.15, 0.2) is 21.6 Å². The molecule has 1 aromatic carbocycles. The Labute approximate surface area is 169 Å². The minimum Gasteiger partial charge on any atom is -0.493 e. The van der Waals surface area contributed by atoms with E-state index in [4.69, 9.17) is 18.7 Å². The molecule has 10 heteroatoms. The van der Waals surface area contributed by atoms with Crippen LogP contribution >= 0.6 is 0 Å². The number of nitrogens with zero attached hydrogens (tertiary/aromatic N) is 2. The summed E-state index contributed by atoms with van der Waals surface area (Å²) in [5.41, 5.74) is 1.84. The first-order chi connectivity index (χ1) is 13.7. The molecule has 0 aliphatic carbocycles. The Kier molecular flexibility index (Phi) is 5.85. The lowest BCUT2D eigenvalue weighted by Crippen LogP contribution is -2.41. The van der Waals surface area contributed by atoms with Crippen molar-refractivity contribution in [3.8, 4) is 11.5 Å². The second kappa shape index (κ2) is 8.03. The molecule has 0 amide bonds. The average molecular weight is 424 g/mol. The Balaban J connectivity index is 2.15. The van der Waals surface area contributed by atoms with Gasteiger partial charge in [-0.25, -0.2) is 8.42 Å². The van der Waals surface area contributed by atoms with E-state index in [2.05, 4.69) is 5.16 Å². The van der Waals surface area contributed by atoms with Gasteiger partial charge >= 0.3 is 5.97 Å². The standard InChI is InChI=1S/C19H24N2O7S/c1-11-19(12(2)28-20-11)29(23,24)21-7-6-13-8-16(25-3)17(26-4)9-14(13)15(21)10-18(22)27-5/h8-9,15H,6-7,10H2,1-5H3. The number of esters is 1. The largest absolute Gasteiger partial charge is 0.493 e. The third-order valence-corrected chi connectivity index (χ3v) is 7.23. The molecule has 158 valence electrons. The molecule has 2 aromatic rings. The third kappa shape index (κ3) is 3.69. The SMILES string of the molecule is COC(=O)CC1c2cc(OC)c(OC)cc2CCN1S(=O)(=O)c1c(C)noc1C. The van der Waals surface area contributed by atoms with Gasteiger partial charge in [0.15, 0.2) is 17.3 Å². The number of hydrogen-bond acceptors (Lipinski definition) is 8. The van der Waals surface area contributed by atoms with E-state index in [9.17, 15) is 13.2 Å². The quantitative estimate of drug-likeness (QED) is 0.649. The second-order valence-corrected chi connectivity index (χ2v) is 8.55. The molecule has 0 N–H and O–H groups in total. The average Bonchev–Trinajstić information content (AvgIpc) is 3.05. The number of carbonyl (C=O) groups is 1. The molecular weight excluding hydrogens is 400 g/mol. The van der Waals surface area contributed by atoms with E-state index in [0.717, 1.165) is 5.56 Å². The van der Waals surface area contributed by atoms with Gasteiger partial charge in [-0.3, -0.25) is 4.79 Å². The molecule has 1 aliphatic rings. The van der Waals surface area contributed by atoms with Crippen molar-refractivity contribution in [2.24, 2.45) is 0 Å². The van der Waals surface area contributed by atoms with Crippen LogP contribution in [0.5, 0.6) is 11.5 Å². The molecule has 0 saturated heterocycles. The second-order valence-electron chi connectivity index (χ2n) is 6.72. The van der Waals surface area contributed by atoms with Crippen molar-refractivity contribution in [1.29, 1.82) is 0 Å². The Bertz CT molecular complexity index is 1010. The summed E-state index contributed by atoms with van der Waals surface area (Å²) < 4.78 is 48.9. The van der Waals surface area contributed by atoms with Gasteiger partial charge in [-0.05, 0) is 43.5 Å². The van der Waals surface area contributed by atoms with E-state index in [0.29, 0.717) is 23.5 Å². The molecule has 0 bridgehead atoms. The molecule has 0 radical (unpaired) electrons. The van der Waals surface area contributed by atoms with Crippen molar-refractivity contribution in [3.63, 3.8) is 0 Å². The molecule has 0 fully saturated rings. The van der Waals surface area contributed by atoms with Crippen LogP contribution in [0.2, 0.25) is 0 Å². The van der Waals surface area contributed by atoms with Gasteiger partial charge in [0.2, 0.25) is 10.0 Å². The minimum atomic E-state index is -3.96. The van der Waals surface area contributed by atoms with E-state index < -0.39 is 22.0 Å². The van der Waals surface area contributed by atoms with Gasteiger partial charge in [0.05, 0.1) is 33.8 Å². The number of carbonyl (C=O) groups excluding carboxylic acids is 1. The van der Waals surface area contributed by atoms with E-state index in [1.54, 1.807) is 19.9 Å². The van der Waals surface area contributed by atoms with Crippen LogP contribution in [-0.4, -0.2) is 51.7 Å². The van der Waals surface area contributed by atoms with Gasteiger partial charge in [0.25, 0.3) is 0 Å². The predicted octanol–water partition coefficient (Wildman–Crippen LogP) is 2.16. The summed E-state index contributed by atoms with van der Waals surface area (Å²) in [5.74, 6) is 0.692. The lowest BCUT2D eigenvalue weighted by Gasteiger charge is -2.36. The zero-order valence-corrected chi connectivity index (χ0v) is 17.8. The molecule has 1 aromatic heterocycles. The summed E-state index contributed by atoms with van der Waals surface area (Å²) in [7, 11) is 0.344. The van der Waals surface area contributed by atoms with Crippen LogP contribution in [0.1, 0.15) is 35.0 Å². The zero-order chi connectivity index (χ0) is 21.3. The van der Waals surface area contributed by atoms with Crippen LogP contribution in [0.4, 0.5) is 0 Å². The number of aryl methyl sites for hydroxylation is 2. The van der Waals surface area contributed by atoms with Crippen molar-refractivity contribution in [1.82, 2.24) is 9.46 Å². The van der Waals surface area contributed by atoms with Gasteiger partial charge in [-0.15, -0.1) is 0 Å². The van der Waals surface area contributed by atoms with E-state index >= 15 is 0 Å². The lowest BCUT2D eigenvalue weighted by molar-refractivity contribution is -0.141. The maximum Gasteiger partial charge on any atom is 0.307 e. The Hall–Kier alpha value is -2.59. The van der Waals surface area contributed by atoms with Gasteiger partial charge < -0.3 is 18.7 Å². The fourth-order valence-electron chi connectivity index (χ4n) is 3.71. The summed E-state index contributed by atoms with van der Waals surface area (Å²) in [5, 5.41) is 3.76. The highest BCUT2D eigenvalue weighted by Crippen LogP contribution is 2.42. The molecule has 0 saturated carbocycles. The monoisotopic (exact) mass is 424 g/mol. The summed E-state index contributed by atoms with van der Waals surface area (Å²) in [4.78, 5) is 12.2. The molecule has 29 heavy (non-hydrogen) atoms. The molecular formula is C19H24N2O7S. The number of rotatable bonds is 6. The predicted molar refractivity (Wildman–Crippen MR) is 102 cm³/mol. The minimum absolute atomic E-state index is 0.0243. The number of fused-ring (bicyclic) bond motifs is 1. The maximum absolute atomic E-state index is 13.5. The summed E-state index contributed by atoms with van der Waals surface area (Å²) in [6.45, 7) is 3.31. The van der Waals surface area contributed by atoms with Crippen LogP contribution < -0.4 is 9.47 Å². The number of ether oxygens (including phenoxy) is 3. The Morgan fingerprint density at radius 2 is 1.86 bits per heavy atom. The third-order valence-electron chi connectivity index (χ3n) is 5.08. The fourth-order valence-corrected chi connectivity index (χ4v) is 5.61. The van der Waals surface area contributed by atoms with Crippen molar-refractivity contribution in [2.75, 3.05) is 27.9 Å². The van der Waals surface area contributed by atoms with Crippen molar-refractivity contribution in [2.45, 2.75) is 37.6 Å². The maximum atomic E-state index is 13.5. The Morgan fingerprint density at radius 1 is 1.21 bits per heavy atom. The van der Waals surface area contributed by atoms with Crippen molar-refractivity contribution in [3.05, 3.63) is 34.7 Å². The van der Waals surface area contributed by atoms with Crippen LogP contribution in [-0.2, 0) is 26.0 Å². The number of sulfonamides is 1. The van der Waals surface area contributed by atoms with E-state index in [-0.39, 0.29) is 29.3 Å². The van der Waals surface area contributed by atoms with E-state index in [1.807, 2.05) is 6.07 Å². The number of aromatic nitrogens is 1. The molecule has 2 heterocycles. The molecule has 1 aliphatic heterocycles. The molecule has 9 nitrogen and oxygen atoms in total. The summed E-state index contributed by atoms with van der Waals surface area (Å²) in [6.07, 6.45) is 0.317. The first-order valence-corrected chi connectivity index (χ1v) is 10.4. The first kappa shape index (κ1) is 21.1. The zero-order valence-electron chi connectivity index (χ0n) is 17.0. The topological polar surface area (TPSA) is 108 Å². The van der Waals surface area contributed by atoms with Gasteiger partial charge in [0, 0.05) is 6.54 Å². The van der Waals surface area contributed by atoms with Crippen LogP contribution in [0.25, 0.3) is 0 Å². The van der Waals surface area contributed by atoms with Crippen LogP contribution in [0, 0.1) is 13.8 Å². The van der Waals surface area contributed by atoms with Gasteiger partial charge in [-0.2, -0.15) is 4.31 Å². The normalized spacial score (nSPS) is 16.9. The number of benzene rings is 1. The Morgan fingerprint density at radius 3 is 2.41 bits per heavy atom. The lowest BCUT2D eigenvalue weighted by atomic mass is 9.91. The molecule has 3 rings (SSSR count). The van der Waals surface area contributed by atoms with Gasteiger partial charge in [-0.1, -0.05) is 5.16 Å². The fraction of sp³-hybridized carbons (Fsp3) is 0.474. The summed E-state index contributed by atoms with van der Waals surface area (Å²) >= 11 is 0. The first-order valence-electron chi connectivity index (χ1n) is 9.00. The van der Waals surface area contributed by atoms with E-state index in [1.165, 1.54) is 25.6 Å². The highest BCUT2D eigenvalue weighted by molar-refractivity contribution is 7.89.